The molecule has 1 heterocycles. The molecule has 0 aliphatic rings. The van der Waals surface area contributed by atoms with Crippen molar-refractivity contribution in [1.82, 2.24) is 14.8 Å². The number of aromatic nitrogens is 3. The Hall–Kier alpha value is -1.63. The number of nitrogens with zero attached hydrogens (tertiary/aromatic N) is 4. The van der Waals surface area contributed by atoms with E-state index in [1.54, 1.807) is 0 Å². The van der Waals surface area contributed by atoms with Gasteiger partial charge < -0.3 is 0 Å². The van der Waals surface area contributed by atoms with Gasteiger partial charge in [0.1, 0.15) is 6.33 Å². The lowest BCUT2D eigenvalue weighted by Gasteiger charge is -1.82. The molecule has 0 unspecified atom stereocenters. The van der Waals surface area contributed by atoms with Gasteiger partial charge in [-0.15, -0.1) is 0 Å². The molecule has 0 amide bonds. The molecule has 0 atom stereocenters. The largest absolute Gasteiger partial charge is 0.229 e. The predicted octanol–water partition coefficient (Wildman–Crippen LogP) is 0.445. The quantitative estimate of drug-likeness (QED) is 0.589. The van der Waals surface area contributed by atoms with E-state index in [2.05, 4.69) is 16.7 Å². The van der Waals surface area contributed by atoms with Crippen LogP contribution in [0.4, 0.5) is 0 Å². The second-order valence-corrected chi connectivity index (χ2v) is 1.66. The molecule has 0 fully saturated rings. The fraction of sp³-hybridized carbons (Fsp3) is 0.167. The Bertz CT molecular complexity index is 268. The molecule has 50 valence electrons. The van der Waals surface area contributed by atoms with Gasteiger partial charge in [0.2, 0.25) is 0 Å². The molecular weight excluding hydrogens is 128 g/mol. The molecule has 1 rings (SSSR count). The standard InChI is InChI=1S/C6H6N4/c1-2-10-5-8-6(9-10)3-4-7/h2,5H,1,3H2. The van der Waals surface area contributed by atoms with E-state index in [1.165, 1.54) is 17.2 Å². The second kappa shape index (κ2) is 2.78. The minimum atomic E-state index is 0.251. The van der Waals surface area contributed by atoms with Crippen molar-refractivity contribution in [2.24, 2.45) is 0 Å². The molecule has 0 radical (unpaired) electrons. The summed E-state index contributed by atoms with van der Waals surface area (Å²) in [6.07, 6.45) is 3.29. The van der Waals surface area contributed by atoms with Gasteiger partial charge in [0.25, 0.3) is 0 Å². The molecule has 0 saturated carbocycles. The molecular formula is C6H6N4. The highest BCUT2D eigenvalue weighted by Crippen LogP contribution is 1.89. The van der Waals surface area contributed by atoms with Crippen molar-refractivity contribution in [3.63, 3.8) is 0 Å². The molecule has 1 aromatic heterocycles. The number of rotatable bonds is 2. The third-order valence-corrected chi connectivity index (χ3v) is 0.980. The summed E-state index contributed by atoms with van der Waals surface area (Å²) in [5.41, 5.74) is 0. The van der Waals surface area contributed by atoms with Gasteiger partial charge in [-0.3, -0.25) is 0 Å². The van der Waals surface area contributed by atoms with Crippen molar-refractivity contribution >= 4 is 6.20 Å². The third-order valence-electron chi connectivity index (χ3n) is 0.980. The Balaban J connectivity index is 2.80. The molecule has 0 saturated heterocycles. The van der Waals surface area contributed by atoms with Crippen LogP contribution in [-0.4, -0.2) is 14.8 Å². The molecule has 0 bridgehead atoms. The average molecular weight is 134 g/mol. The van der Waals surface area contributed by atoms with Crippen LogP contribution in [0.3, 0.4) is 0 Å². The summed E-state index contributed by atoms with van der Waals surface area (Å²) in [5.74, 6) is 0.530. The van der Waals surface area contributed by atoms with E-state index in [4.69, 9.17) is 5.26 Å². The Morgan fingerprint density at radius 3 is 3.20 bits per heavy atom. The first-order chi connectivity index (χ1) is 4.86. The molecule has 0 aliphatic carbocycles. The Labute approximate surface area is 58.4 Å². The first kappa shape index (κ1) is 6.49. The fourth-order valence-electron chi connectivity index (χ4n) is 0.550. The zero-order valence-corrected chi connectivity index (χ0v) is 5.36. The number of hydrogen-bond acceptors (Lipinski definition) is 3. The Morgan fingerprint density at radius 1 is 1.90 bits per heavy atom. The molecule has 0 aliphatic heterocycles. The first-order valence-electron chi connectivity index (χ1n) is 2.76. The van der Waals surface area contributed by atoms with Crippen LogP contribution in [0, 0.1) is 11.3 Å². The van der Waals surface area contributed by atoms with Crippen molar-refractivity contribution < 1.29 is 0 Å². The zero-order valence-electron chi connectivity index (χ0n) is 5.36. The first-order valence-corrected chi connectivity index (χ1v) is 2.76. The molecule has 4 heteroatoms. The maximum atomic E-state index is 8.24. The highest BCUT2D eigenvalue weighted by atomic mass is 15.3. The zero-order chi connectivity index (χ0) is 7.40. The van der Waals surface area contributed by atoms with Gasteiger partial charge in [0.05, 0.1) is 12.5 Å². The van der Waals surface area contributed by atoms with Crippen molar-refractivity contribution in [3.05, 3.63) is 18.7 Å². The molecule has 0 N–H and O–H groups in total. The van der Waals surface area contributed by atoms with E-state index >= 15 is 0 Å². The van der Waals surface area contributed by atoms with Crippen LogP contribution in [-0.2, 0) is 6.42 Å². The number of nitriles is 1. The second-order valence-electron chi connectivity index (χ2n) is 1.66. The minimum absolute atomic E-state index is 0.251. The van der Waals surface area contributed by atoms with Crippen LogP contribution < -0.4 is 0 Å². The van der Waals surface area contributed by atoms with Crippen molar-refractivity contribution in [2.45, 2.75) is 6.42 Å². The monoisotopic (exact) mass is 134 g/mol. The van der Waals surface area contributed by atoms with E-state index < -0.39 is 0 Å². The summed E-state index contributed by atoms with van der Waals surface area (Å²) >= 11 is 0. The van der Waals surface area contributed by atoms with Gasteiger partial charge >= 0.3 is 0 Å². The molecule has 4 nitrogen and oxygen atoms in total. The van der Waals surface area contributed by atoms with E-state index in [9.17, 15) is 0 Å². The fourth-order valence-corrected chi connectivity index (χ4v) is 0.550. The highest BCUT2D eigenvalue weighted by molar-refractivity contribution is 5.12. The van der Waals surface area contributed by atoms with Gasteiger partial charge in [-0.2, -0.15) is 10.4 Å². The maximum Gasteiger partial charge on any atom is 0.165 e. The van der Waals surface area contributed by atoms with E-state index in [0.717, 1.165) is 0 Å². The highest BCUT2D eigenvalue weighted by Gasteiger charge is 1.94. The molecule has 1 aromatic rings. The van der Waals surface area contributed by atoms with Crippen LogP contribution in [0.1, 0.15) is 5.82 Å². The SMILES string of the molecule is C=Cn1cnc(CC#N)n1. The maximum absolute atomic E-state index is 8.24. The summed E-state index contributed by atoms with van der Waals surface area (Å²) in [5, 5.41) is 12.1. The van der Waals surface area contributed by atoms with Gasteiger partial charge in [0, 0.05) is 6.20 Å². The van der Waals surface area contributed by atoms with Gasteiger partial charge in [0.15, 0.2) is 5.82 Å². The van der Waals surface area contributed by atoms with Gasteiger partial charge in [-0.1, -0.05) is 6.58 Å². The summed E-state index contributed by atoms with van der Waals surface area (Å²) < 4.78 is 1.46. The number of hydrogen-bond donors (Lipinski definition) is 0. The lowest BCUT2D eigenvalue weighted by Crippen LogP contribution is -1.88. The lowest BCUT2D eigenvalue weighted by atomic mass is 10.5. The molecule has 0 aromatic carbocycles. The van der Waals surface area contributed by atoms with Crippen molar-refractivity contribution in [1.29, 1.82) is 5.26 Å². The topological polar surface area (TPSA) is 54.5 Å². The van der Waals surface area contributed by atoms with Crippen LogP contribution in [0.2, 0.25) is 0 Å². The summed E-state index contributed by atoms with van der Waals surface area (Å²) in [7, 11) is 0. The third kappa shape index (κ3) is 1.20. The van der Waals surface area contributed by atoms with Crippen LogP contribution in [0.5, 0.6) is 0 Å². The van der Waals surface area contributed by atoms with Gasteiger partial charge in [-0.25, -0.2) is 9.67 Å². The van der Waals surface area contributed by atoms with Crippen LogP contribution in [0.15, 0.2) is 12.9 Å². The van der Waals surface area contributed by atoms with Crippen molar-refractivity contribution in [2.75, 3.05) is 0 Å². The lowest BCUT2D eigenvalue weighted by molar-refractivity contribution is 0.898. The van der Waals surface area contributed by atoms with E-state index in [-0.39, 0.29) is 6.42 Å². The normalized spacial score (nSPS) is 8.70. The van der Waals surface area contributed by atoms with Crippen LogP contribution >= 0.6 is 0 Å². The summed E-state index contributed by atoms with van der Waals surface area (Å²) in [6.45, 7) is 3.48. The average Bonchev–Trinajstić information content (AvgIpc) is 2.37. The van der Waals surface area contributed by atoms with Crippen molar-refractivity contribution in [3.8, 4) is 6.07 Å². The Kier molecular flexibility index (Phi) is 1.80. The Morgan fingerprint density at radius 2 is 2.70 bits per heavy atom. The summed E-state index contributed by atoms with van der Waals surface area (Å²) in [6, 6.07) is 1.95. The predicted molar refractivity (Wildman–Crippen MR) is 35.7 cm³/mol. The smallest absolute Gasteiger partial charge is 0.165 e. The van der Waals surface area contributed by atoms with Crippen LogP contribution in [0.25, 0.3) is 6.20 Å². The van der Waals surface area contributed by atoms with Gasteiger partial charge in [-0.05, 0) is 0 Å². The summed E-state index contributed by atoms with van der Waals surface area (Å²) in [4.78, 5) is 3.83. The van der Waals surface area contributed by atoms with E-state index in [1.807, 2.05) is 6.07 Å². The minimum Gasteiger partial charge on any atom is -0.229 e. The molecule has 10 heavy (non-hydrogen) atoms. The molecule has 0 spiro atoms. The van der Waals surface area contributed by atoms with E-state index in [0.29, 0.717) is 5.82 Å².